The number of rotatable bonds is 4. The third-order valence-electron chi connectivity index (χ3n) is 3.83. The van der Waals surface area contributed by atoms with E-state index in [-0.39, 0.29) is 12.1 Å². The summed E-state index contributed by atoms with van der Waals surface area (Å²) in [4.78, 5) is 12.3. The van der Waals surface area contributed by atoms with Crippen LogP contribution in [0.2, 0.25) is 0 Å². The van der Waals surface area contributed by atoms with E-state index >= 15 is 0 Å². The van der Waals surface area contributed by atoms with Crippen molar-refractivity contribution in [3.63, 3.8) is 0 Å². The van der Waals surface area contributed by atoms with Gasteiger partial charge in [-0.3, -0.25) is 5.32 Å². The van der Waals surface area contributed by atoms with Crippen LogP contribution in [0.3, 0.4) is 0 Å². The molecule has 0 unspecified atom stereocenters. The lowest BCUT2D eigenvalue weighted by Gasteiger charge is -2.24. The minimum absolute atomic E-state index is 0.120. The van der Waals surface area contributed by atoms with Crippen LogP contribution in [-0.2, 0) is 12.1 Å². The van der Waals surface area contributed by atoms with Crippen LogP contribution in [0.4, 0.5) is 10.6 Å². The third-order valence-corrected chi connectivity index (χ3v) is 3.83. The molecule has 2 amide bonds. The second-order valence-corrected chi connectivity index (χ2v) is 6.84. The number of urea groups is 1. The summed E-state index contributed by atoms with van der Waals surface area (Å²) in [5, 5.41) is 26.9. The Bertz CT molecular complexity index is 1020. The first-order valence-corrected chi connectivity index (χ1v) is 8.25. The number of nitrogens with one attached hydrogen (secondary N) is 2. The molecule has 0 aliphatic heterocycles. The van der Waals surface area contributed by atoms with Crippen LogP contribution >= 0.6 is 0 Å². The quantitative estimate of drug-likeness (QED) is 0.725. The molecule has 0 aromatic carbocycles. The number of nitrogens with zero attached hydrogens (tertiary/aromatic N) is 6. The minimum atomic E-state index is -0.428. The van der Waals surface area contributed by atoms with E-state index in [1.165, 1.54) is 11.6 Å². The topological polar surface area (TPSA) is 122 Å². The lowest BCUT2D eigenvalue weighted by molar-refractivity contribution is 0.251. The Morgan fingerprint density at radius 3 is 2.78 bits per heavy atom. The fourth-order valence-corrected chi connectivity index (χ4v) is 2.53. The van der Waals surface area contributed by atoms with E-state index in [9.17, 15) is 4.79 Å². The van der Waals surface area contributed by atoms with Gasteiger partial charge in [0.25, 0.3) is 0 Å². The van der Waals surface area contributed by atoms with Gasteiger partial charge in [0.2, 0.25) is 5.88 Å². The highest BCUT2D eigenvalue weighted by molar-refractivity contribution is 5.88. The highest BCUT2D eigenvalue weighted by Gasteiger charge is 2.19. The molecule has 0 aliphatic carbocycles. The number of carbonyl (C=O) groups excluding carboxylic acids is 1. The number of nitriles is 1. The number of ether oxygens (including phenoxy) is 1. The molecule has 0 bridgehead atoms. The van der Waals surface area contributed by atoms with Crippen LogP contribution in [0, 0.1) is 11.3 Å². The Morgan fingerprint density at radius 2 is 2.11 bits per heavy atom. The lowest BCUT2D eigenvalue weighted by Crippen LogP contribution is -2.32. The molecule has 0 atom stereocenters. The Balaban J connectivity index is 1.73. The highest BCUT2D eigenvalue weighted by Crippen LogP contribution is 2.23. The average molecular weight is 368 g/mol. The van der Waals surface area contributed by atoms with Gasteiger partial charge in [-0.2, -0.15) is 9.78 Å². The fourth-order valence-electron chi connectivity index (χ4n) is 2.53. The van der Waals surface area contributed by atoms with Crippen molar-refractivity contribution in [3.8, 4) is 11.9 Å². The van der Waals surface area contributed by atoms with Gasteiger partial charge in [-0.1, -0.05) is 0 Å². The number of fused-ring (bicyclic) bond motifs is 1. The molecule has 3 heterocycles. The number of carbonyl (C=O) groups is 1. The summed E-state index contributed by atoms with van der Waals surface area (Å²) in [6, 6.07) is 6.69. The molecule has 0 fully saturated rings. The number of hydrogen-bond acceptors (Lipinski definition) is 6. The van der Waals surface area contributed by atoms with Crippen molar-refractivity contribution in [2.24, 2.45) is 0 Å². The maximum absolute atomic E-state index is 12.3. The SMILES string of the molecule is COc1ccc2nnc(CNC(=O)Nc3cc(C#N)cn3C(C)(C)C)n2n1. The average Bonchev–Trinajstić information content (AvgIpc) is 3.22. The second kappa shape index (κ2) is 6.95. The number of anilines is 1. The molecule has 0 spiro atoms. The van der Waals surface area contributed by atoms with Crippen LogP contribution < -0.4 is 15.4 Å². The molecular formula is C17H20N8O2. The molecule has 3 aromatic rings. The van der Waals surface area contributed by atoms with Gasteiger partial charge in [-0.15, -0.1) is 15.3 Å². The van der Waals surface area contributed by atoms with Crippen LogP contribution in [0.5, 0.6) is 5.88 Å². The fraction of sp³-hybridized carbons (Fsp3) is 0.353. The standard InChI is InChI=1S/C17H20N8O2/c1-17(2,3)24-10-11(8-18)7-13(24)20-16(26)19-9-14-22-21-12-5-6-15(27-4)23-25(12)14/h5-7,10H,9H2,1-4H3,(H2,19,20,26). The second-order valence-electron chi connectivity index (χ2n) is 6.84. The van der Waals surface area contributed by atoms with Crippen LogP contribution in [0.25, 0.3) is 5.65 Å². The first-order valence-electron chi connectivity index (χ1n) is 8.25. The minimum Gasteiger partial charge on any atom is -0.480 e. The van der Waals surface area contributed by atoms with E-state index < -0.39 is 6.03 Å². The molecule has 2 N–H and O–H groups in total. The summed E-state index contributed by atoms with van der Waals surface area (Å²) < 4.78 is 8.43. The van der Waals surface area contributed by atoms with Gasteiger partial charge in [0.05, 0.1) is 19.2 Å². The predicted octanol–water partition coefficient (Wildman–Crippen LogP) is 1.88. The van der Waals surface area contributed by atoms with Gasteiger partial charge in [0.1, 0.15) is 11.9 Å². The van der Waals surface area contributed by atoms with Crippen LogP contribution in [0.1, 0.15) is 32.2 Å². The van der Waals surface area contributed by atoms with Crippen molar-refractivity contribution in [2.45, 2.75) is 32.9 Å². The van der Waals surface area contributed by atoms with Gasteiger partial charge >= 0.3 is 6.03 Å². The molecule has 3 rings (SSSR count). The van der Waals surface area contributed by atoms with Crippen molar-refractivity contribution >= 4 is 17.5 Å². The van der Waals surface area contributed by atoms with E-state index in [4.69, 9.17) is 10.00 Å². The molecule has 10 heteroatoms. The largest absolute Gasteiger partial charge is 0.480 e. The molecule has 0 radical (unpaired) electrons. The third kappa shape index (κ3) is 3.82. The highest BCUT2D eigenvalue weighted by atomic mass is 16.5. The number of amides is 2. The van der Waals surface area contributed by atoms with E-state index in [0.717, 1.165) is 0 Å². The van der Waals surface area contributed by atoms with Crippen molar-refractivity contribution < 1.29 is 9.53 Å². The first kappa shape index (κ1) is 18.2. The van der Waals surface area contributed by atoms with Crippen molar-refractivity contribution in [2.75, 3.05) is 12.4 Å². The molecule has 10 nitrogen and oxygen atoms in total. The van der Waals surface area contributed by atoms with Gasteiger partial charge in [0.15, 0.2) is 11.5 Å². The Kier molecular flexibility index (Phi) is 4.68. The Morgan fingerprint density at radius 1 is 1.33 bits per heavy atom. The summed E-state index contributed by atoms with van der Waals surface area (Å²) in [5.74, 6) is 1.41. The molecular weight excluding hydrogens is 348 g/mol. The zero-order chi connectivity index (χ0) is 19.6. The molecule has 3 aromatic heterocycles. The van der Waals surface area contributed by atoms with Gasteiger partial charge in [0, 0.05) is 17.8 Å². The van der Waals surface area contributed by atoms with Crippen LogP contribution in [0.15, 0.2) is 24.4 Å². The van der Waals surface area contributed by atoms with Gasteiger partial charge in [-0.25, -0.2) is 4.79 Å². The van der Waals surface area contributed by atoms with E-state index in [1.54, 1.807) is 24.4 Å². The summed E-state index contributed by atoms with van der Waals surface area (Å²) in [6.45, 7) is 6.07. The molecule has 0 saturated heterocycles. The molecule has 0 saturated carbocycles. The number of aromatic nitrogens is 5. The molecule has 140 valence electrons. The van der Waals surface area contributed by atoms with Crippen LogP contribution in [-0.4, -0.2) is 37.5 Å². The van der Waals surface area contributed by atoms with E-state index in [0.29, 0.717) is 28.7 Å². The molecule has 27 heavy (non-hydrogen) atoms. The number of methoxy groups -OCH3 is 1. The summed E-state index contributed by atoms with van der Waals surface area (Å²) in [6.07, 6.45) is 1.71. The smallest absolute Gasteiger partial charge is 0.320 e. The Hall–Kier alpha value is -3.61. The Labute approximate surface area is 155 Å². The first-order chi connectivity index (χ1) is 12.8. The predicted molar refractivity (Wildman–Crippen MR) is 97.3 cm³/mol. The van der Waals surface area contributed by atoms with E-state index in [2.05, 4.69) is 32.0 Å². The van der Waals surface area contributed by atoms with E-state index in [1.807, 2.05) is 25.3 Å². The zero-order valence-electron chi connectivity index (χ0n) is 15.5. The van der Waals surface area contributed by atoms with Gasteiger partial charge < -0.3 is 14.6 Å². The van der Waals surface area contributed by atoms with Crippen molar-refractivity contribution in [1.29, 1.82) is 5.26 Å². The monoisotopic (exact) mass is 368 g/mol. The maximum atomic E-state index is 12.3. The van der Waals surface area contributed by atoms with Gasteiger partial charge in [-0.05, 0) is 32.9 Å². The van der Waals surface area contributed by atoms with Crippen molar-refractivity contribution in [1.82, 2.24) is 29.7 Å². The summed E-state index contributed by atoms with van der Waals surface area (Å²) in [7, 11) is 1.52. The normalized spacial score (nSPS) is 11.2. The lowest BCUT2D eigenvalue weighted by atomic mass is 10.1. The number of hydrogen-bond donors (Lipinski definition) is 2. The van der Waals surface area contributed by atoms with Crippen molar-refractivity contribution in [3.05, 3.63) is 35.8 Å². The molecule has 0 aliphatic rings. The zero-order valence-corrected chi connectivity index (χ0v) is 15.5. The maximum Gasteiger partial charge on any atom is 0.320 e. The summed E-state index contributed by atoms with van der Waals surface area (Å²) >= 11 is 0. The summed E-state index contributed by atoms with van der Waals surface area (Å²) in [5.41, 5.74) is 0.731.